The van der Waals surface area contributed by atoms with Gasteiger partial charge in [0, 0.05) is 20.1 Å². The van der Waals surface area contributed by atoms with E-state index >= 15 is 0 Å². The predicted molar refractivity (Wildman–Crippen MR) is 125 cm³/mol. The number of guanidine groups is 1. The number of hydrogen-bond donors (Lipinski definition) is 2. The summed E-state index contributed by atoms with van der Waals surface area (Å²) in [6.07, 6.45) is 2.11. The zero-order valence-electron chi connectivity index (χ0n) is 17.6. The van der Waals surface area contributed by atoms with Crippen LogP contribution < -0.4 is 10.6 Å². The van der Waals surface area contributed by atoms with Crippen LogP contribution in [0.1, 0.15) is 43.2 Å². The Bertz CT molecular complexity index is 603. The summed E-state index contributed by atoms with van der Waals surface area (Å²) in [5, 5.41) is 6.60. The van der Waals surface area contributed by atoms with Gasteiger partial charge in [0.2, 0.25) is 0 Å². The average molecular weight is 542 g/mol. The largest absolute Gasteiger partial charge is 0.411 e. The lowest BCUT2D eigenvalue weighted by atomic mass is 10.1. The van der Waals surface area contributed by atoms with Crippen LogP contribution in [0.2, 0.25) is 0 Å². The van der Waals surface area contributed by atoms with Gasteiger partial charge in [0.05, 0.1) is 6.61 Å². The first-order valence-electron chi connectivity index (χ1n) is 10.4. The van der Waals surface area contributed by atoms with Crippen molar-refractivity contribution < 1.29 is 17.9 Å². The molecule has 0 atom stereocenters. The van der Waals surface area contributed by atoms with Crippen LogP contribution in [0.4, 0.5) is 13.2 Å². The molecule has 1 aliphatic heterocycles. The normalized spacial score (nSPS) is 15.9. The van der Waals surface area contributed by atoms with Crippen LogP contribution in [0.5, 0.6) is 0 Å². The standard InChI is InChI=1S/C21H33F3N4O.HI/c1-25-20(26-11-6-14-28-12-4-2-3-5-13-28)27-15-18-7-9-19(10-8-18)16-29-17-21(22,23)24;/h7-10H,2-6,11-17H2,1H3,(H2,25,26,27);1H. The lowest BCUT2D eigenvalue weighted by molar-refractivity contribution is -0.176. The van der Waals surface area contributed by atoms with E-state index in [1.165, 1.54) is 38.8 Å². The van der Waals surface area contributed by atoms with Gasteiger partial charge in [-0.1, -0.05) is 37.1 Å². The molecule has 0 radical (unpaired) electrons. The maximum Gasteiger partial charge on any atom is 0.411 e. The summed E-state index contributed by atoms with van der Waals surface area (Å²) < 4.78 is 41.0. The van der Waals surface area contributed by atoms with Gasteiger partial charge in [0.15, 0.2) is 5.96 Å². The van der Waals surface area contributed by atoms with Gasteiger partial charge in [-0.15, -0.1) is 24.0 Å². The molecule has 172 valence electrons. The van der Waals surface area contributed by atoms with Crippen LogP contribution in [0, 0.1) is 0 Å². The first-order chi connectivity index (χ1) is 14.0. The van der Waals surface area contributed by atoms with Crippen molar-refractivity contribution in [3.8, 4) is 0 Å². The zero-order chi connectivity index (χ0) is 21.0. The fourth-order valence-corrected chi connectivity index (χ4v) is 3.31. The van der Waals surface area contributed by atoms with Gasteiger partial charge in [0.25, 0.3) is 0 Å². The average Bonchev–Trinajstić information content (AvgIpc) is 2.96. The minimum Gasteiger partial charge on any atom is -0.367 e. The third-order valence-electron chi connectivity index (χ3n) is 4.88. The number of aliphatic imine (C=N–C) groups is 1. The second-order valence-corrected chi connectivity index (χ2v) is 7.39. The van der Waals surface area contributed by atoms with E-state index in [9.17, 15) is 13.2 Å². The molecule has 1 aromatic rings. The Kier molecular flexibility index (Phi) is 13.3. The van der Waals surface area contributed by atoms with Crippen LogP contribution in [-0.2, 0) is 17.9 Å². The van der Waals surface area contributed by atoms with Crippen LogP contribution >= 0.6 is 24.0 Å². The van der Waals surface area contributed by atoms with E-state index in [4.69, 9.17) is 0 Å². The van der Waals surface area contributed by atoms with Gasteiger partial charge < -0.3 is 20.3 Å². The van der Waals surface area contributed by atoms with Crippen LogP contribution in [0.25, 0.3) is 0 Å². The molecule has 0 bridgehead atoms. The molecule has 2 N–H and O–H groups in total. The molecule has 0 aromatic heterocycles. The van der Waals surface area contributed by atoms with E-state index < -0.39 is 12.8 Å². The molecule has 2 rings (SSSR count). The molecule has 1 heterocycles. The number of benzene rings is 1. The van der Waals surface area contributed by atoms with Crippen molar-refractivity contribution in [3.05, 3.63) is 35.4 Å². The predicted octanol–water partition coefficient (Wildman–Crippen LogP) is 4.31. The van der Waals surface area contributed by atoms with E-state index in [0.717, 1.165) is 31.0 Å². The summed E-state index contributed by atoms with van der Waals surface area (Å²) in [7, 11) is 1.74. The molecule has 1 aromatic carbocycles. The van der Waals surface area contributed by atoms with Gasteiger partial charge in [-0.3, -0.25) is 4.99 Å². The second-order valence-electron chi connectivity index (χ2n) is 7.39. The van der Waals surface area contributed by atoms with Crippen molar-refractivity contribution >= 4 is 29.9 Å². The summed E-state index contributed by atoms with van der Waals surface area (Å²) in [5.74, 6) is 0.749. The maximum absolute atomic E-state index is 12.1. The van der Waals surface area contributed by atoms with Gasteiger partial charge >= 0.3 is 6.18 Å². The molecule has 0 saturated carbocycles. The molecular weight excluding hydrogens is 508 g/mol. The second kappa shape index (κ2) is 14.9. The number of rotatable bonds is 9. The van der Waals surface area contributed by atoms with Gasteiger partial charge in [-0.2, -0.15) is 13.2 Å². The van der Waals surface area contributed by atoms with Crippen molar-refractivity contribution in [2.24, 2.45) is 4.99 Å². The molecule has 0 unspecified atom stereocenters. The Morgan fingerprint density at radius 3 is 2.27 bits per heavy atom. The highest BCUT2D eigenvalue weighted by Gasteiger charge is 2.27. The highest BCUT2D eigenvalue weighted by molar-refractivity contribution is 14.0. The molecule has 0 aliphatic carbocycles. The lowest BCUT2D eigenvalue weighted by Gasteiger charge is -2.20. The van der Waals surface area contributed by atoms with Crippen LogP contribution in [0.3, 0.4) is 0 Å². The molecule has 1 saturated heterocycles. The molecular formula is C21H34F3IN4O. The third kappa shape index (κ3) is 11.9. The zero-order valence-corrected chi connectivity index (χ0v) is 20.0. The number of nitrogens with zero attached hydrogens (tertiary/aromatic N) is 2. The number of halogens is 4. The smallest absolute Gasteiger partial charge is 0.367 e. The van der Waals surface area contributed by atoms with Gasteiger partial charge in [0.1, 0.15) is 6.61 Å². The van der Waals surface area contributed by atoms with Gasteiger partial charge in [-0.25, -0.2) is 0 Å². The van der Waals surface area contributed by atoms with E-state index in [1.54, 1.807) is 19.2 Å². The quantitative estimate of drug-likeness (QED) is 0.211. The number of ether oxygens (including phenoxy) is 1. The van der Waals surface area contributed by atoms with Crippen LogP contribution in [-0.4, -0.2) is 56.9 Å². The number of alkyl halides is 3. The minimum absolute atomic E-state index is 0. The third-order valence-corrected chi connectivity index (χ3v) is 4.88. The number of hydrogen-bond acceptors (Lipinski definition) is 3. The summed E-state index contributed by atoms with van der Waals surface area (Å²) in [6.45, 7) is 3.72. The number of likely N-dealkylation sites (tertiary alicyclic amines) is 1. The van der Waals surface area contributed by atoms with Crippen molar-refractivity contribution in [2.45, 2.75) is 51.4 Å². The summed E-state index contributed by atoms with van der Waals surface area (Å²) in [5.41, 5.74) is 1.74. The number of nitrogens with one attached hydrogen (secondary N) is 2. The maximum atomic E-state index is 12.1. The molecule has 1 fully saturated rings. The first-order valence-corrected chi connectivity index (χ1v) is 10.4. The van der Waals surface area contributed by atoms with E-state index in [-0.39, 0.29) is 30.6 Å². The lowest BCUT2D eigenvalue weighted by Crippen LogP contribution is -2.38. The molecule has 1 aliphatic rings. The molecule has 0 amide bonds. The fraction of sp³-hybridized carbons (Fsp3) is 0.667. The van der Waals surface area contributed by atoms with E-state index in [1.807, 2.05) is 12.1 Å². The minimum atomic E-state index is -4.29. The highest BCUT2D eigenvalue weighted by Crippen LogP contribution is 2.16. The fourth-order valence-electron chi connectivity index (χ4n) is 3.31. The topological polar surface area (TPSA) is 48.9 Å². The first kappa shape index (κ1) is 27.0. The molecule has 30 heavy (non-hydrogen) atoms. The Morgan fingerprint density at radius 1 is 1.03 bits per heavy atom. The molecule has 9 heteroatoms. The SMILES string of the molecule is CN=C(NCCCN1CCCCCC1)NCc1ccc(COCC(F)(F)F)cc1.I. The van der Waals surface area contributed by atoms with Crippen molar-refractivity contribution in [3.63, 3.8) is 0 Å². The molecule has 0 spiro atoms. The van der Waals surface area contributed by atoms with E-state index in [2.05, 4.69) is 25.3 Å². The summed E-state index contributed by atoms with van der Waals surface area (Å²) in [6, 6.07) is 7.33. The van der Waals surface area contributed by atoms with Gasteiger partial charge in [-0.05, 0) is 50.0 Å². The van der Waals surface area contributed by atoms with Crippen molar-refractivity contribution in [2.75, 3.05) is 39.8 Å². The summed E-state index contributed by atoms with van der Waals surface area (Å²) >= 11 is 0. The Labute approximate surface area is 194 Å². The monoisotopic (exact) mass is 542 g/mol. The highest BCUT2D eigenvalue weighted by atomic mass is 127. The molecule has 5 nitrogen and oxygen atoms in total. The summed E-state index contributed by atoms with van der Waals surface area (Å²) in [4.78, 5) is 6.78. The van der Waals surface area contributed by atoms with Crippen molar-refractivity contribution in [1.82, 2.24) is 15.5 Å². The Balaban J connectivity index is 0.00000450. The Hall–Kier alpha value is -1.07. The van der Waals surface area contributed by atoms with Crippen molar-refractivity contribution in [1.29, 1.82) is 0 Å². The Morgan fingerprint density at radius 2 is 1.67 bits per heavy atom. The van der Waals surface area contributed by atoms with E-state index in [0.29, 0.717) is 12.1 Å². The van der Waals surface area contributed by atoms with Crippen LogP contribution in [0.15, 0.2) is 29.3 Å².